The Morgan fingerprint density at radius 3 is 2.66 bits per heavy atom. The number of carbonyl (C=O) groups is 1. The maximum atomic E-state index is 12.7. The summed E-state index contributed by atoms with van der Waals surface area (Å²) in [5.74, 6) is -0.328. The van der Waals surface area contributed by atoms with Crippen molar-refractivity contribution in [3.05, 3.63) is 53.3 Å². The molecule has 4 rings (SSSR count). The van der Waals surface area contributed by atoms with Crippen LogP contribution < -0.4 is 0 Å². The highest BCUT2D eigenvalue weighted by atomic mass is 32.2. The third-order valence-corrected chi connectivity index (χ3v) is 7.89. The minimum atomic E-state index is -3.52. The van der Waals surface area contributed by atoms with E-state index in [1.54, 1.807) is 35.1 Å². The molecule has 1 saturated heterocycles. The Kier molecular flexibility index (Phi) is 6.99. The molecule has 1 aliphatic heterocycles. The van der Waals surface area contributed by atoms with Gasteiger partial charge < -0.3 is 9.47 Å². The molecule has 11 heteroatoms. The Morgan fingerprint density at radius 2 is 1.97 bits per heavy atom. The molecular weight excluding hydrogens is 452 g/mol. The molecular formula is C21H24N4O5S2. The number of benzene rings is 1. The summed E-state index contributed by atoms with van der Waals surface area (Å²) in [5.41, 5.74) is 2.49. The van der Waals surface area contributed by atoms with Gasteiger partial charge in [-0.1, -0.05) is 12.1 Å². The normalized spacial score (nSPS) is 15.0. The van der Waals surface area contributed by atoms with Crippen LogP contribution in [0.5, 0.6) is 0 Å². The van der Waals surface area contributed by atoms with Crippen molar-refractivity contribution < 1.29 is 22.7 Å². The zero-order chi connectivity index (χ0) is 22.6. The lowest BCUT2D eigenvalue weighted by Gasteiger charge is -2.26. The number of morpholine rings is 1. The zero-order valence-electron chi connectivity index (χ0n) is 17.6. The van der Waals surface area contributed by atoms with E-state index >= 15 is 0 Å². The minimum Gasteiger partial charge on any atom is -0.459 e. The Bertz CT molecular complexity index is 1170. The van der Waals surface area contributed by atoms with Crippen molar-refractivity contribution in [1.29, 1.82) is 0 Å². The summed E-state index contributed by atoms with van der Waals surface area (Å²) < 4.78 is 39.0. The van der Waals surface area contributed by atoms with Crippen molar-refractivity contribution in [2.24, 2.45) is 7.05 Å². The van der Waals surface area contributed by atoms with Crippen LogP contribution in [0.25, 0.3) is 10.6 Å². The van der Waals surface area contributed by atoms with E-state index in [9.17, 15) is 13.2 Å². The number of esters is 1. The van der Waals surface area contributed by atoms with Crippen LogP contribution in [0.1, 0.15) is 17.7 Å². The van der Waals surface area contributed by atoms with Gasteiger partial charge in [0.1, 0.15) is 11.6 Å². The SMILES string of the molecule is Cn1cc(-c2nc(COC(=O)CCc3ccc(S(=O)(=O)N4CCOCC4)cc3)cs2)cn1. The summed E-state index contributed by atoms with van der Waals surface area (Å²) in [6.07, 6.45) is 4.29. The molecule has 0 amide bonds. The molecule has 2 aromatic heterocycles. The maximum absolute atomic E-state index is 12.7. The van der Waals surface area contributed by atoms with Crippen LogP contribution in [0, 0.1) is 0 Å². The monoisotopic (exact) mass is 476 g/mol. The molecule has 9 nitrogen and oxygen atoms in total. The van der Waals surface area contributed by atoms with Gasteiger partial charge in [-0.2, -0.15) is 9.40 Å². The average molecular weight is 477 g/mol. The fourth-order valence-electron chi connectivity index (χ4n) is 3.27. The molecule has 1 fully saturated rings. The third kappa shape index (κ3) is 5.41. The summed E-state index contributed by atoms with van der Waals surface area (Å²) in [7, 11) is -1.67. The summed E-state index contributed by atoms with van der Waals surface area (Å²) in [4.78, 5) is 16.9. The molecule has 170 valence electrons. The van der Waals surface area contributed by atoms with Crippen LogP contribution in [0.4, 0.5) is 0 Å². The second kappa shape index (κ2) is 9.90. The number of rotatable bonds is 8. The average Bonchev–Trinajstić information content (AvgIpc) is 3.46. The molecule has 0 unspecified atom stereocenters. The van der Waals surface area contributed by atoms with Crippen LogP contribution in [0.2, 0.25) is 0 Å². The molecule has 1 aliphatic rings. The molecule has 3 aromatic rings. The van der Waals surface area contributed by atoms with Gasteiger partial charge in [-0.15, -0.1) is 11.3 Å². The highest BCUT2D eigenvalue weighted by Gasteiger charge is 2.26. The molecule has 0 atom stereocenters. The summed E-state index contributed by atoms with van der Waals surface area (Å²) in [6.45, 7) is 1.65. The van der Waals surface area contributed by atoms with Crippen molar-refractivity contribution in [1.82, 2.24) is 19.1 Å². The van der Waals surface area contributed by atoms with E-state index in [0.717, 1.165) is 16.1 Å². The fourth-order valence-corrected chi connectivity index (χ4v) is 5.46. The topological polar surface area (TPSA) is 104 Å². The molecule has 1 aromatic carbocycles. The van der Waals surface area contributed by atoms with E-state index in [0.29, 0.717) is 38.4 Å². The number of sulfonamides is 1. The van der Waals surface area contributed by atoms with E-state index < -0.39 is 10.0 Å². The lowest BCUT2D eigenvalue weighted by molar-refractivity contribution is -0.145. The first-order valence-corrected chi connectivity index (χ1v) is 12.5. The van der Waals surface area contributed by atoms with Gasteiger partial charge in [-0.25, -0.2) is 13.4 Å². The first kappa shape index (κ1) is 22.6. The van der Waals surface area contributed by atoms with Crippen molar-refractivity contribution in [3.63, 3.8) is 0 Å². The molecule has 0 saturated carbocycles. The molecule has 0 radical (unpaired) electrons. The Morgan fingerprint density at radius 1 is 1.22 bits per heavy atom. The fraction of sp³-hybridized carbons (Fsp3) is 0.381. The van der Waals surface area contributed by atoms with Gasteiger partial charge in [0.15, 0.2) is 0 Å². The number of hydrogen-bond donors (Lipinski definition) is 0. The quantitative estimate of drug-likeness (QED) is 0.459. The zero-order valence-corrected chi connectivity index (χ0v) is 19.3. The first-order valence-electron chi connectivity index (χ1n) is 10.2. The van der Waals surface area contributed by atoms with Gasteiger partial charge in [0, 0.05) is 43.7 Å². The number of hydrogen-bond acceptors (Lipinski definition) is 8. The lowest BCUT2D eigenvalue weighted by atomic mass is 10.1. The van der Waals surface area contributed by atoms with Gasteiger partial charge >= 0.3 is 5.97 Å². The Labute approximate surface area is 190 Å². The van der Waals surface area contributed by atoms with Gasteiger partial charge in [0.25, 0.3) is 0 Å². The summed E-state index contributed by atoms with van der Waals surface area (Å²) in [5, 5.41) is 6.82. The van der Waals surface area contributed by atoms with Gasteiger partial charge in [-0.3, -0.25) is 9.48 Å². The van der Waals surface area contributed by atoms with E-state index in [1.807, 2.05) is 18.6 Å². The first-order chi connectivity index (χ1) is 15.4. The van der Waals surface area contributed by atoms with Crippen molar-refractivity contribution in [2.45, 2.75) is 24.3 Å². The largest absolute Gasteiger partial charge is 0.459 e. The van der Waals surface area contributed by atoms with Crippen molar-refractivity contribution >= 4 is 27.3 Å². The predicted octanol–water partition coefficient (Wildman–Crippen LogP) is 2.24. The Hall–Kier alpha value is -2.60. The lowest BCUT2D eigenvalue weighted by Crippen LogP contribution is -2.40. The number of nitrogens with zero attached hydrogens (tertiary/aromatic N) is 4. The van der Waals surface area contributed by atoms with Gasteiger partial charge in [-0.05, 0) is 24.1 Å². The number of carbonyl (C=O) groups excluding carboxylic acids is 1. The highest BCUT2D eigenvalue weighted by Crippen LogP contribution is 2.23. The molecule has 0 aliphatic carbocycles. The third-order valence-electron chi connectivity index (χ3n) is 5.03. The summed E-state index contributed by atoms with van der Waals surface area (Å²) in [6, 6.07) is 6.64. The van der Waals surface area contributed by atoms with Gasteiger partial charge in [0.05, 0.1) is 30.0 Å². The molecule has 0 N–H and O–H groups in total. The van der Waals surface area contributed by atoms with Crippen LogP contribution in [0.15, 0.2) is 46.9 Å². The van der Waals surface area contributed by atoms with Gasteiger partial charge in [0.2, 0.25) is 10.0 Å². The molecule has 3 heterocycles. The van der Waals surface area contributed by atoms with Crippen LogP contribution in [0.3, 0.4) is 0 Å². The number of thiazole rings is 1. The number of ether oxygens (including phenoxy) is 2. The van der Waals surface area contributed by atoms with Crippen molar-refractivity contribution in [2.75, 3.05) is 26.3 Å². The number of aromatic nitrogens is 3. The predicted molar refractivity (Wildman–Crippen MR) is 118 cm³/mol. The van der Waals surface area contributed by atoms with Crippen LogP contribution in [-0.2, 0) is 44.4 Å². The van der Waals surface area contributed by atoms with Crippen LogP contribution >= 0.6 is 11.3 Å². The van der Waals surface area contributed by atoms with E-state index in [1.165, 1.54) is 15.6 Å². The second-order valence-electron chi connectivity index (χ2n) is 7.37. The standard InChI is InChI=1S/C21H24N4O5S2/c1-24-13-17(12-22-24)21-23-18(15-31-21)14-30-20(26)7-4-16-2-5-19(6-3-16)32(27,28)25-8-10-29-11-9-25/h2-3,5-6,12-13,15H,4,7-11,14H2,1H3. The van der Waals surface area contributed by atoms with Crippen molar-refractivity contribution in [3.8, 4) is 10.6 Å². The Balaban J connectivity index is 1.26. The maximum Gasteiger partial charge on any atom is 0.306 e. The molecule has 0 spiro atoms. The van der Waals surface area contributed by atoms with E-state index in [2.05, 4.69) is 10.1 Å². The van der Waals surface area contributed by atoms with Crippen LogP contribution in [-0.4, -0.2) is 59.8 Å². The molecule has 0 bridgehead atoms. The highest BCUT2D eigenvalue weighted by molar-refractivity contribution is 7.89. The summed E-state index contributed by atoms with van der Waals surface area (Å²) >= 11 is 1.48. The van der Waals surface area contributed by atoms with E-state index in [4.69, 9.17) is 9.47 Å². The smallest absolute Gasteiger partial charge is 0.306 e. The number of aryl methyl sites for hydroxylation is 2. The minimum absolute atomic E-state index is 0.117. The van der Waals surface area contributed by atoms with E-state index in [-0.39, 0.29) is 23.9 Å². The molecule has 32 heavy (non-hydrogen) atoms. The second-order valence-corrected chi connectivity index (χ2v) is 10.2.